The van der Waals surface area contributed by atoms with Gasteiger partial charge in [0.15, 0.2) is 0 Å². The monoisotopic (exact) mass is 194 g/mol. The summed E-state index contributed by atoms with van der Waals surface area (Å²) in [5.41, 5.74) is 1.86. The fourth-order valence-electron chi connectivity index (χ4n) is 2.15. The van der Waals surface area contributed by atoms with Crippen LogP contribution in [-0.2, 0) is 6.42 Å². The van der Waals surface area contributed by atoms with Crippen LogP contribution in [0.2, 0.25) is 0 Å². The summed E-state index contributed by atoms with van der Waals surface area (Å²) in [6.45, 7) is 4.14. The Balaban J connectivity index is 2.46. The molecule has 0 saturated carbocycles. The molecule has 0 saturated heterocycles. The van der Waals surface area contributed by atoms with Gasteiger partial charge in [-0.05, 0) is 41.5 Å². The van der Waals surface area contributed by atoms with Gasteiger partial charge in [0.05, 0.1) is 6.10 Å². The molecule has 1 aromatic carbocycles. The van der Waals surface area contributed by atoms with E-state index in [0.29, 0.717) is 5.92 Å². The van der Waals surface area contributed by atoms with Gasteiger partial charge in [-0.15, -0.1) is 0 Å². The summed E-state index contributed by atoms with van der Waals surface area (Å²) < 4.78 is 13.0. The molecule has 3 atom stereocenters. The van der Waals surface area contributed by atoms with Crippen molar-refractivity contribution in [2.75, 3.05) is 0 Å². The summed E-state index contributed by atoms with van der Waals surface area (Å²) in [7, 11) is 0. The van der Waals surface area contributed by atoms with E-state index in [-0.39, 0.29) is 11.7 Å². The van der Waals surface area contributed by atoms with Crippen LogP contribution in [0.25, 0.3) is 0 Å². The van der Waals surface area contributed by atoms with Crippen LogP contribution < -0.4 is 0 Å². The van der Waals surface area contributed by atoms with Gasteiger partial charge in [0.2, 0.25) is 0 Å². The number of hydrogen-bond donors (Lipinski definition) is 1. The van der Waals surface area contributed by atoms with E-state index in [0.717, 1.165) is 17.5 Å². The third-order valence-electron chi connectivity index (χ3n) is 3.36. The number of aliphatic hydroxyl groups is 1. The molecule has 1 aliphatic carbocycles. The Morgan fingerprint density at radius 3 is 2.79 bits per heavy atom. The van der Waals surface area contributed by atoms with Gasteiger partial charge in [-0.3, -0.25) is 0 Å². The van der Waals surface area contributed by atoms with Crippen LogP contribution in [0.15, 0.2) is 18.2 Å². The summed E-state index contributed by atoms with van der Waals surface area (Å²) in [5, 5.41) is 9.96. The molecule has 14 heavy (non-hydrogen) atoms. The lowest BCUT2D eigenvalue weighted by molar-refractivity contribution is 0.0752. The minimum Gasteiger partial charge on any atom is -0.388 e. The lowest BCUT2D eigenvalue weighted by Crippen LogP contribution is -2.25. The van der Waals surface area contributed by atoms with E-state index in [1.165, 1.54) is 12.1 Å². The van der Waals surface area contributed by atoms with Crippen LogP contribution in [-0.4, -0.2) is 5.11 Å². The molecule has 0 amide bonds. The molecule has 2 rings (SSSR count). The topological polar surface area (TPSA) is 20.2 Å². The van der Waals surface area contributed by atoms with Gasteiger partial charge in [-0.1, -0.05) is 19.9 Å². The molecule has 76 valence electrons. The van der Waals surface area contributed by atoms with Gasteiger partial charge in [0.1, 0.15) is 5.82 Å². The van der Waals surface area contributed by atoms with Crippen molar-refractivity contribution in [3.05, 3.63) is 35.1 Å². The Morgan fingerprint density at radius 2 is 2.07 bits per heavy atom. The lowest BCUT2D eigenvalue weighted by atomic mass is 9.76. The zero-order chi connectivity index (χ0) is 10.3. The van der Waals surface area contributed by atoms with E-state index < -0.39 is 6.10 Å². The SMILES string of the molecule is CC1Cc2ccc(F)cc2C(O)C1C. The van der Waals surface area contributed by atoms with E-state index >= 15 is 0 Å². The molecule has 0 radical (unpaired) electrons. The third-order valence-corrected chi connectivity index (χ3v) is 3.36. The molecule has 1 N–H and O–H groups in total. The number of fused-ring (bicyclic) bond motifs is 1. The second-order valence-corrected chi connectivity index (χ2v) is 4.33. The zero-order valence-corrected chi connectivity index (χ0v) is 8.50. The van der Waals surface area contributed by atoms with Crippen LogP contribution in [0.5, 0.6) is 0 Å². The Hall–Kier alpha value is -0.890. The molecule has 0 fully saturated rings. The number of hydrogen-bond acceptors (Lipinski definition) is 1. The highest BCUT2D eigenvalue weighted by molar-refractivity contribution is 5.32. The number of benzene rings is 1. The van der Waals surface area contributed by atoms with E-state index in [2.05, 4.69) is 6.92 Å². The van der Waals surface area contributed by atoms with Gasteiger partial charge in [-0.25, -0.2) is 4.39 Å². The highest BCUT2D eigenvalue weighted by Gasteiger charge is 2.29. The Labute approximate surface area is 83.6 Å². The van der Waals surface area contributed by atoms with Gasteiger partial charge >= 0.3 is 0 Å². The summed E-state index contributed by atoms with van der Waals surface area (Å²) in [5.74, 6) is 0.414. The Kier molecular flexibility index (Phi) is 2.31. The van der Waals surface area contributed by atoms with Crippen molar-refractivity contribution < 1.29 is 9.50 Å². The summed E-state index contributed by atoms with van der Waals surface area (Å²) in [6, 6.07) is 4.72. The first-order chi connectivity index (χ1) is 6.59. The molecule has 0 heterocycles. The van der Waals surface area contributed by atoms with Crippen molar-refractivity contribution in [2.45, 2.75) is 26.4 Å². The first-order valence-corrected chi connectivity index (χ1v) is 5.06. The summed E-state index contributed by atoms with van der Waals surface area (Å²) in [4.78, 5) is 0. The smallest absolute Gasteiger partial charge is 0.123 e. The molecule has 0 aromatic heterocycles. The fraction of sp³-hybridized carbons (Fsp3) is 0.500. The van der Waals surface area contributed by atoms with Crippen LogP contribution >= 0.6 is 0 Å². The largest absolute Gasteiger partial charge is 0.388 e. The first kappa shape index (κ1) is 9.66. The van der Waals surface area contributed by atoms with E-state index in [9.17, 15) is 9.50 Å². The minimum atomic E-state index is -0.510. The van der Waals surface area contributed by atoms with Crippen molar-refractivity contribution in [1.82, 2.24) is 0 Å². The number of rotatable bonds is 0. The molecule has 0 aliphatic heterocycles. The Morgan fingerprint density at radius 1 is 1.36 bits per heavy atom. The van der Waals surface area contributed by atoms with Crippen LogP contribution in [0.3, 0.4) is 0 Å². The molecule has 2 heteroatoms. The maximum Gasteiger partial charge on any atom is 0.123 e. The molecule has 1 nitrogen and oxygen atoms in total. The van der Waals surface area contributed by atoms with Crippen LogP contribution in [0, 0.1) is 17.7 Å². The van der Waals surface area contributed by atoms with Gasteiger partial charge < -0.3 is 5.11 Å². The van der Waals surface area contributed by atoms with Gasteiger partial charge in [0, 0.05) is 0 Å². The second kappa shape index (κ2) is 3.35. The maximum absolute atomic E-state index is 13.0. The molecular formula is C12H15FO. The second-order valence-electron chi connectivity index (χ2n) is 4.33. The molecule has 0 bridgehead atoms. The average Bonchev–Trinajstić information content (AvgIpc) is 2.16. The molecular weight excluding hydrogens is 179 g/mol. The Bertz CT molecular complexity index is 348. The maximum atomic E-state index is 13.0. The predicted octanol–water partition coefficient (Wildman–Crippen LogP) is 2.69. The van der Waals surface area contributed by atoms with Gasteiger partial charge in [-0.2, -0.15) is 0 Å². The first-order valence-electron chi connectivity index (χ1n) is 5.06. The number of halogens is 1. The fourth-order valence-corrected chi connectivity index (χ4v) is 2.15. The van der Waals surface area contributed by atoms with Crippen molar-refractivity contribution in [2.24, 2.45) is 11.8 Å². The molecule has 3 unspecified atom stereocenters. The zero-order valence-electron chi connectivity index (χ0n) is 8.50. The van der Waals surface area contributed by atoms with Crippen LogP contribution in [0.4, 0.5) is 4.39 Å². The average molecular weight is 194 g/mol. The van der Waals surface area contributed by atoms with Crippen molar-refractivity contribution in [3.63, 3.8) is 0 Å². The van der Waals surface area contributed by atoms with E-state index in [1.54, 1.807) is 6.07 Å². The highest BCUT2D eigenvalue weighted by atomic mass is 19.1. The van der Waals surface area contributed by atoms with Crippen molar-refractivity contribution in [1.29, 1.82) is 0 Å². The molecule has 1 aliphatic rings. The highest BCUT2D eigenvalue weighted by Crippen LogP contribution is 2.37. The van der Waals surface area contributed by atoms with Crippen LogP contribution in [0.1, 0.15) is 31.1 Å². The molecule has 1 aromatic rings. The summed E-state index contributed by atoms with van der Waals surface area (Å²) in [6.07, 6.45) is 0.429. The van der Waals surface area contributed by atoms with E-state index in [1.807, 2.05) is 6.92 Å². The van der Waals surface area contributed by atoms with Crippen molar-refractivity contribution >= 4 is 0 Å². The standard InChI is InChI=1S/C12H15FO/c1-7-5-9-3-4-10(13)6-11(9)12(14)8(7)2/h3-4,6-8,12,14H,5H2,1-2H3. The predicted molar refractivity (Wildman–Crippen MR) is 53.4 cm³/mol. The summed E-state index contributed by atoms with van der Waals surface area (Å²) >= 11 is 0. The third kappa shape index (κ3) is 1.44. The molecule has 0 spiro atoms. The van der Waals surface area contributed by atoms with Crippen molar-refractivity contribution in [3.8, 4) is 0 Å². The lowest BCUT2D eigenvalue weighted by Gasteiger charge is -2.32. The number of aliphatic hydroxyl groups excluding tert-OH is 1. The van der Waals surface area contributed by atoms with E-state index in [4.69, 9.17) is 0 Å². The van der Waals surface area contributed by atoms with Gasteiger partial charge in [0.25, 0.3) is 0 Å². The normalized spacial score (nSPS) is 31.3. The minimum absolute atomic E-state index is 0.212. The quantitative estimate of drug-likeness (QED) is 0.673.